The van der Waals surface area contributed by atoms with Crippen molar-refractivity contribution in [3.8, 4) is 0 Å². The number of amides is 1. The number of aliphatic carboxylic acids is 1. The average molecular weight is 255 g/mol. The lowest BCUT2D eigenvalue weighted by Crippen LogP contribution is -2.42. The topological polar surface area (TPSA) is 66.4 Å². The van der Waals surface area contributed by atoms with Gasteiger partial charge in [0.2, 0.25) is 5.91 Å². The number of carbonyl (C=O) groups is 2. The quantitative estimate of drug-likeness (QED) is 0.466. The molecule has 104 valence electrons. The third-order valence-electron chi connectivity index (χ3n) is 2.79. The second-order valence-corrected chi connectivity index (χ2v) is 4.83. The Labute approximate surface area is 109 Å². The fraction of sp³-hybridized carbons (Fsp3) is 0.714. The van der Waals surface area contributed by atoms with Gasteiger partial charge in [0.15, 0.2) is 0 Å². The lowest BCUT2D eigenvalue weighted by molar-refractivity contribution is -0.142. The second-order valence-electron chi connectivity index (χ2n) is 4.83. The molecule has 0 aliphatic carbocycles. The van der Waals surface area contributed by atoms with Gasteiger partial charge in [0.25, 0.3) is 0 Å². The van der Waals surface area contributed by atoms with E-state index in [4.69, 9.17) is 5.11 Å². The molecule has 0 aliphatic heterocycles. The van der Waals surface area contributed by atoms with Crippen LogP contribution in [-0.2, 0) is 9.59 Å². The van der Waals surface area contributed by atoms with E-state index in [9.17, 15) is 9.59 Å². The van der Waals surface area contributed by atoms with E-state index in [1.165, 1.54) is 0 Å². The van der Waals surface area contributed by atoms with Crippen LogP contribution in [0.3, 0.4) is 0 Å². The highest BCUT2D eigenvalue weighted by atomic mass is 16.4. The monoisotopic (exact) mass is 255 g/mol. The largest absolute Gasteiger partial charge is 0.480 e. The minimum atomic E-state index is -0.949. The van der Waals surface area contributed by atoms with E-state index >= 15 is 0 Å². The lowest BCUT2D eigenvalue weighted by atomic mass is 10.1. The molecule has 4 heteroatoms. The number of hydrogen-bond acceptors (Lipinski definition) is 2. The molecule has 0 aliphatic rings. The molecule has 0 radical (unpaired) electrons. The maximum absolute atomic E-state index is 11.4. The SMILES string of the molecule is C=CCCCCCC[C@H](NC(=O)C(C)C)C(=O)O. The Morgan fingerprint density at radius 2 is 1.83 bits per heavy atom. The number of unbranched alkanes of at least 4 members (excludes halogenated alkanes) is 4. The molecule has 0 rings (SSSR count). The number of nitrogens with one attached hydrogen (secondary N) is 1. The zero-order chi connectivity index (χ0) is 14.0. The number of allylic oxidation sites excluding steroid dienone is 1. The van der Waals surface area contributed by atoms with Crippen molar-refractivity contribution < 1.29 is 14.7 Å². The number of carbonyl (C=O) groups excluding carboxylic acids is 1. The summed E-state index contributed by atoms with van der Waals surface area (Å²) in [4.78, 5) is 22.4. The number of carboxylic acid groups (broad SMARTS) is 1. The molecule has 1 amide bonds. The van der Waals surface area contributed by atoms with Crippen LogP contribution < -0.4 is 5.32 Å². The third-order valence-corrected chi connectivity index (χ3v) is 2.79. The van der Waals surface area contributed by atoms with Crippen LogP contribution in [0.15, 0.2) is 12.7 Å². The van der Waals surface area contributed by atoms with Gasteiger partial charge in [-0.05, 0) is 19.3 Å². The van der Waals surface area contributed by atoms with Gasteiger partial charge >= 0.3 is 5.97 Å². The molecule has 0 aromatic carbocycles. The Hall–Kier alpha value is -1.32. The summed E-state index contributed by atoms with van der Waals surface area (Å²) < 4.78 is 0. The van der Waals surface area contributed by atoms with Gasteiger partial charge in [0, 0.05) is 5.92 Å². The van der Waals surface area contributed by atoms with Gasteiger partial charge in [-0.25, -0.2) is 4.79 Å². The van der Waals surface area contributed by atoms with Crippen molar-refractivity contribution in [2.75, 3.05) is 0 Å². The first kappa shape index (κ1) is 16.7. The van der Waals surface area contributed by atoms with Crippen molar-refractivity contribution in [2.24, 2.45) is 5.92 Å². The molecule has 0 bridgehead atoms. The Kier molecular flexibility index (Phi) is 8.97. The van der Waals surface area contributed by atoms with Crippen LogP contribution in [0.5, 0.6) is 0 Å². The Balaban J connectivity index is 3.87. The summed E-state index contributed by atoms with van der Waals surface area (Å²) in [5.41, 5.74) is 0. The third kappa shape index (κ3) is 7.87. The van der Waals surface area contributed by atoms with Gasteiger partial charge in [-0.15, -0.1) is 6.58 Å². The highest BCUT2D eigenvalue weighted by molar-refractivity contribution is 5.84. The van der Waals surface area contributed by atoms with E-state index in [0.717, 1.165) is 32.1 Å². The molecule has 1 atom stereocenters. The average Bonchev–Trinajstić information content (AvgIpc) is 2.31. The summed E-state index contributed by atoms with van der Waals surface area (Å²) in [7, 11) is 0. The van der Waals surface area contributed by atoms with Crippen LogP contribution in [-0.4, -0.2) is 23.0 Å². The normalized spacial score (nSPS) is 12.2. The number of hydrogen-bond donors (Lipinski definition) is 2. The Bertz CT molecular complexity index is 274. The minimum absolute atomic E-state index is 0.181. The second kappa shape index (κ2) is 9.68. The van der Waals surface area contributed by atoms with Gasteiger partial charge in [-0.2, -0.15) is 0 Å². The van der Waals surface area contributed by atoms with Crippen LogP contribution >= 0.6 is 0 Å². The van der Waals surface area contributed by atoms with Crippen molar-refractivity contribution in [3.63, 3.8) is 0 Å². The van der Waals surface area contributed by atoms with Crippen LogP contribution in [0.4, 0.5) is 0 Å². The van der Waals surface area contributed by atoms with Crippen molar-refractivity contribution in [1.82, 2.24) is 5.32 Å². The first-order valence-corrected chi connectivity index (χ1v) is 6.63. The van der Waals surface area contributed by atoms with Gasteiger partial charge in [0.05, 0.1) is 0 Å². The van der Waals surface area contributed by atoms with E-state index in [1.54, 1.807) is 13.8 Å². The Morgan fingerprint density at radius 1 is 1.22 bits per heavy atom. The maximum Gasteiger partial charge on any atom is 0.326 e. The Morgan fingerprint density at radius 3 is 2.33 bits per heavy atom. The molecule has 0 fully saturated rings. The smallest absolute Gasteiger partial charge is 0.326 e. The van der Waals surface area contributed by atoms with Crippen molar-refractivity contribution in [3.05, 3.63) is 12.7 Å². The predicted molar refractivity (Wildman–Crippen MR) is 72.3 cm³/mol. The first-order chi connectivity index (χ1) is 8.49. The van der Waals surface area contributed by atoms with E-state index in [0.29, 0.717) is 6.42 Å². The van der Waals surface area contributed by atoms with E-state index < -0.39 is 12.0 Å². The highest BCUT2D eigenvalue weighted by Gasteiger charge is 2.20. The summed E-state index contributed by atoms with van der Waals surface area (Å²) in [6.07, 6.45) is 7.40. The van der Waals surface area contributed by atoms with Gasteiger partial charge in [-0.1, -0.05) is 39.2 Å². The fourth-order valence-corrected chi connectivity index (χ4v) is 1.59. The van der Waals surface area contributed by atoms with Crippen molar-refractivity contribution in [1.29, 1.82) is 0 Å². The molecule has 2 N–H and O–H groups in total. The molecule has 4 nitrogen and oxygen atoms in total. The summed E-state index contributed by atoms with van der Waals surface area (Å²) >= 11 is 0. The molecule has 0 spiro atoms. The molecule has 0 saturated heterocycles. The summed E-state index contributed by atoms with van der Waals surface area (Å²) in [5.74, 6) is -1.33. The predicted octanol–water partition coefficient (Wildman–Crippen LogP) is 2.74. The van der Waals surface area contributed by atoms with Crippen LogP contribution in [0.1, 0.15) is 52.4 Å². The zero-order valence-electron chi connectivity index (χ0n) is 11.4. The summed E-state index contributed by atoms with van der Waals surface area (Å²) in [6.45, 7) is 7.16. The van der Waals surface area contributed by atoms with Gasteiger partial charge < -0.3 is 10.4 Å². The van der Waals surface area contributed by atoms with E-state index in [1.807, 2.05) is 6.08 Å². The van der Waals surface area contributed by atoms with Gasteiger partial charge in [0.1, 0.15) is 6.04 Å². The molecule has 0 heterocycles. The molecule has 0 saturated carbocycles. The molecule has 0 aromatic rings. The zero-order valence-corrected chi connectivity index (χ0v) is 11.4. The van der Waals surface area contributed by atoms with E-state index in [2.05, 4.69) is 11.9 Å². The van der Waals surface area contributed by atoms with Crippen LogP contribution in [0.25, 0.3) is 0 Å². The molecular formula is C14H25NO3. The van der Waals surface area contributed by atoms with E-state index in [-0.39, 0.29) is 11.8 Å². The summed E-state index contributed by atoms with van der Waals surface area (Å²) in [5, 5.41) is 11.6. The highest BCUT2D eigenvalue weighted by Crippen LogP contribution is 2.08. The number of rotatable bonds is 10. The van der Waals surface area contributed by atoms with Gasteiger partial charge in [-0.3, -0.25) is 4.79 Å². The molecule has 0 aromatic heterocycles. The first-order valence-electron chi connectivity index (χ1n) is 6.63. The molecule has 0 unspecified atom stereocenters. The maximum atomic E-state index is 11.4. The van der Waals surface area contributed by atoms with Crippen LogP contribution in [0, 0.1) is 5.92 Å². The lowest BCUT2D eigenvalue weighted by Gasteiger charge is -2.15. The van der Waals surface area contributed by atoms with Crippen molar-refractivity contribution >= 4 is 11.9 Å². The fourth-order valence-electron chi connectivity index (χ4n) is 1.59. The molecular weight excluding hydrogens is 230 g/mol. The minimum Gasteiger partial charge on any atom is -0.480 e. The van der Waals surface area contributed by atoms with Crippen molar-refractivity contribution in [2.45, 2.75) is 58.4 Å². The van der Waals surface area contributed by atoms with Crippen LogP contribution in [0.2, 0.25) is 0 Å². The summed E-state index contributed by atoms with van der Waals surface area (Å²) in [6, 6.07) is -0.751. The standard InChI is InChI=1S/C14H25NO3/c1-4-5-6-7-8-9-10-12(14(17)18)15-13(16)11(2)3/h4,11-12H,1,5-10H2,2-3H3,(H,15,16)(H,17,18)/t12-/m0/s1. The molecule has 18 heavy (non-hydrogen) atoms. The number of carboxylic acids is 1.